The van der Waals surface area contributed by atoms with Gasteiger partial charge in [-0.25, -0.2) is 19.6 Å². The van der Waals surface area contributed by atoms with Crippen LogP contribution in [0.3, 0.4) is 0 Å². The number of aromatic nitrogens is 2. The molecule has 3 aromatic rings. The lowest BCUT2D eigenvalue weighted by Gasteiger charge is -2.35. The molecule has 2 amide bonds. The maximum atomic E-state index is 13.8. The smallest absolute Gasteiger partial charge is 0.478 e. The molecule has 2 N–H and O–H groups in total. The molecular formula is C31H33N5O7. The number of rotatable bonds is 10. The fraction of sp³-hybridized carbons (Fsp3) is 0.355. The van der Waals surface area contributed by atoms with Gasteiger partial charge in [-0.2, -0.15) is 0 Å². The number of carbonyl (C=O) groups is 4. The SMILES string of the molecule is CCOC(=O)ON1CCN(C(=O)[C@H](Cc2ccc(C(=O)O)cc2)NC(=O)c2cc(C3CC3)nc(-c3ccccc3)n2)CC1. The van der Waals surface area contributed by atoms with Crippen molar-refractivity contribution in [2.45, 2.75) is 38.1 Å². The van der Waals surface area contributed by atoms with Gasteiger partial charge in [0.05, 0.1) is 25.3 Å². The molecule has 2 aliphatic rings. The number of hydrogen-bond acceptors (Lipinski definition) is 9. The van der Waals surface area contributed by atoms with E-state index in [0.717, 1.165) is 24.1 Å². The van der Waals surface area contributed by atoms with Crippen LogP contribution in [0.5, 0.6) is 0 Å². The molecule has 0 radical (unpaired) electrons. The molecule has 2 fully saturated rings. The number of piperazine rings is 1. The number of carboxylic acid groups (broad SMARTS) is 1. The van der Waals surface area contributed by atoms with Crippen LogP contribution >= 0.6 is 0 Å². The molecule has 0 unspecified atom stereocenters. The van der Waals surface area contributed by atoms with Crippen LogP contribution in [0.25, 0.3) is 11.4 Å². The average Bonchev–Trinajstić information content (AvgIpc) is 3.87. The highest BCUT2D eigenvalue weighted by atomic mass is 16.8. The van der Waals surface area contributed by atoms with Crippen LogP contribution in [0, 0.1) is 0 Å². The van der Waals surface area contributed by atoms with Crippen molar-refractivity contribution in [2.24, 2.45) is 0 Å². The van der Waals surface area contributed by atoms with Crippen LogP contribution in [0.1, 0.15) is 57.8 Å². The fourth-order valence-electron chi connectivity index (χ4n) is 4.81. The largest absolute Gasteiger partial charge is 0.527 e. The lowest BCUT2D eigenvalue weighted by Crippen LogP contribution is -2.55. The molecular weight excluding hydrogens is 554 g/mol. The van der Waals surface area contributed by atoms with Gasteiger partial charge >= 0.3 is 12.1 Å². The van der Waals surface area contributed by atoms with Crippen LogP contribution in [0.15, 0.2) is 60.7 Å². The van der Waals surface area contributed by atoms with Gasteiger partial charge in [0, 0.05) is 36.7 Å². The number of aromatic carboxylic acids is 1. The van der Waals surface area contributed by atoms with Gasteiger partial charge in [0.2, 0.25) is 5.91 Å². The van der Waals surface area contributed by atoms with E-state index in [1.807, 2.05) is 30.3 Å². The summed E-state index contributed by atoms with van der Waals surface area (Å²) < 4.78 is 4.82. The lowest BCUT2D eigenvalue weighted by molar-refractivity contribution is -0.157. The summed E-state index contributed by atoms with van der Waals surface area (Å²) >= 11 is 0. The van der Waals surface area contributed by atoms with E-state index >= 15 is 0 Å². The van der Waals surface area contributed by atoms with Crippen molar-refractivity contribution in [1.29, 1.82) is 0 Å². The molecule has 1 aromatic heterocycles. The van der Waals surface area contributed by atoms with Gasteiger partial charge in [-0.3, -0.25) is 9.59 Å². The van der Waals surface area contributed by atoms with Gasteiger partial charge in [-0.05, 0) is 43.5 Å². The molecule has 43 heavy (non-hydrogen) atoms. The van der Waals surface area contributed by atoms with Crippen molar-refractivity contribution >= 4 is 23.9 Å². The van der Waals surface area contributed by atoms with Crippen molar-refractivity contribution < 1.29 is 33.9 Å². The van der Waals surface area contributed by atoms with Crippen LogP contribution in [0.4, 0.5) is 4.79 Å². The second-order valence-corrected chi connectivity index (χ2v) is 10.4. The normalized spacial score (nSPS) is 15.8. The fourth-order valence-corrected chi connectivity index (χ4v) is 4.81. The predicted octanol–water partition coefficient (Wildman–Crippen LogP) is 3.29. The van der Waals surface area contributed by atoms with Gasteiger partial charge in [-0.1, -0.05) is 42.5 Å². The monoisotopic (exact) mass is 587 g/mol. The zero-order chi connectivity index (χ0) is 30.3. The van der Waals surface area contributed by atoms with Gasteiger partial charge in [-0.15, -0.1) is 5.06 Å². The molecule has 12 heteroatoms. The number of nitrogens with zero attached hydrogens (tertiary/aromatic N) is 4. The molecule has 5 rings (SSSR count). The first-order valence-electron chi connectivity index (χ1n) is 14.3. The first-order chi connectivity index (χ1) is 20.8. The Balaban J connectivity index is 1.35. The number of hydrogen-bond donors (Lipinski definition) is 2. The standard InChI is InChI=1S/C31H33N5O7/c1-2-42-31(41)43-36-16-14-35(15-17-36)29(38)26(18-20-8-10-23(11-9-20)30(39)40)34-28(37)25-19-24(21-12-13-21)32-27(33-25)22-6-4-3-5-7-22/h3-11,19,21,26H,2,12-18H2,1H3,(H,34,37)(H,39,40)/t26-/m0/s1. The molecule has 2 heterocycles. The quantitative estimate of drug-likeness (QED) is 0.338. The first-order valence-corrected chi connectivity index (χ1v) is 14.3. The maximum absolute atomic E-state index is 13.8. The van der Waals surface area contributed by atoms with Gasteiger partial charge in [0.15, 0.2) is 5.82 Å². The molecule has 1 aliphatic heterocycles. The zero-order valence-electron chi connectivity index (χ0n) is 23.8. The summed E-state index contributed by atoms with van der Waals surface area (Å²) in [6.07, 6.45) is 1.32. The van der Waals surface area contributed by atoms with Crippen LogP contribution < -0.4 is 5.32 Å². The van der Waals surface area contributed by atoms with Gasteiger partial charge in [0.1, 0.15) is 11.7 Å². The topological polar surface area (TPSA) is 151 Å². The Morgan fingerprint density at radius 2 is 1.67 bits per heavy atom. The minimum Gasteiger partial charge on any atom is -0.478 e. The summed E-state index contributed by atoms with van der Waals surface area (Å²) in [7, 11) is 0. The molecule has 1 atom stereocenters. The molecule has 0 bridgehead atoms. The van der Waals surface area contributed by atoms with E-state index in [1.54, 1.807) is 30.0 Å². The van der Waals surface area contributed by atoms with E-state index in [9.17, 15) is 24.3 Å². The summed E-state index contributed by atoms with van der Waals surface area (Å²) in [6.45, 7) is 2.94. The minimum atomic E-state index is -1.06. The molecule has 12 nitrogen and oxygen atoms in total. The van der Waals surface area contributed by atoms with Crippen molar-refractivity contribution in [3.8, 4) is 11.4 Å². The molecule has 0 spiro atoms. The summed E-state index contributed by atoms with van der Waals surface area (Å²) in [5, 5.41) is 13.6. The lowest BCUT2D eigenvalue weighted by atomic mass is 10.0. The van der Waals surface area contributed by atoms with Crippen molar-refractivity contribution in [2.75, 3.05) is 32.8 Å². The van der Waals surface area contributed by atoms with E-state index in [0.29, 0.717) is 11.4 Å². The van der Waals surface area contributed by atoms with Crippen molar-refractivity contribution in [1.82, 2.24) is 25.2 Å². The summed E-state index contributed by atoms with van der Waals surface area (Å²) in [6, 6.07) is 16.3. The van der Waals surface area contributed by atoms with Crippen molar-refractivity contribution in [3.05, 3.63) is 83.2 Å². The van der Waals surface area contributed by atoms with Gasteiger partial charge < -0.3 is 24.9 Å². The molecule has 1 aliphatic carbocycles. The van der Waals surface area contributed by atoms with Crippen molar-refractivity contribution in [3.63, 3.8) is 0 Å². The third kappa shape index (κ3) is 7.72. The predicted molar refractivity (Wildman–Crippen MR) is 154 cm³/mol. The maximum Gasteiger partial charge on any atom is 0.527 e. The Bertz CT molecular complexity index is 1470. The molecule has 1 saturated heterocycles. The molecule has 224 valence electrons. The Hall–Kier alpha value is -4.84. The molecule has 1 saturated carbocycles. The highest BCUT2D eigenvalue weighted by Gasteiger charge is 2.32. The summed E-state index contributed by atoms with van der Waals surface area (Å²) in [5.74, 6) is -1.16. The van der Waals surface area contributed by atoms with Crippen LogP contribution in [-0.2, 0) is 20.8 Å². The van der Waals surface area contributed by atoms with E-state index in [4.69, 9.17) is 14.6 Å². The van der Waals surface area contributed by atoms with Crippen LogP contribution in [-0.4, -0.2) is 87.8 Å². The van der Waals surface area contributed by atoms with E-state index in [-0.39, 0.29) is 62.3 Å². The number of benzene rings is 2. The molecule has 2 aromatic carbocycles. The average molecular weight is 588 g/mol. The highest BCUT2D eigenvalue weighted by Crippen LogP contribution is 2.39. The van der Waals surface area contributed by atoms with E-state index in [1.165, 1.54) is 17.2 Å². The highest BCUT2D eigenvalue weighted by molar-refractivity contribution is 5.96. The Morgan fingerprint density at radius 1 is 0.977 bits per heavy atom. The summed E-state index contributed by atoms with van der Waals surface area (Å²) in [4.78, 5) is 66.5. The minimum absolute atomic E-state index is 0.121. The number of hydroxylamine groups is 2. The first kappa shape index (κ1) is 29.6. The number of carbonyl (C=O) groups excluding carboxylic acids is 3. The number of amides is 2. The number of nitrogens with one attached hydrogen (secondary N) is 1. The third-order valence-corrected chi connectivity index (χ3v) is 7.27. The third-order valence-electron chi connectivity index (χ3n) is 7.27. The van der Waals surface area contributed by atoms with E-state index < -0.39 is 24.1 Å². The Morgan fingerprint density at radius 3 is 2.30 bits per heavy atom. The summed E-state index contributed by atoms with van der Waals surface area (Å²) in [5.41, 5.74) is 2.55. The second-order valence-electron chi connectivity index (χ2n) is 10.4. The Labute approximate surface area is 248 Å². The zero-order valence-corrected chi connectivity index (χ0v) is 23.8. The van der Waals surface area contributed by atoms with Crippen LogP contribution in [0.2, 0.25) is 0 Å². The van der Waals surface area contributed by atoms with Gasteiger partial charge in [0.25, 0.3) is 5.91 Å². The second kappa shape index (κ2) is 13.4. The Kier molecular flexibility index (Phi) is 9.26. The van der Waals surface area contributed by atoms with E-state index in [2.05, 4.69) is 10.3 Å². The number of ether oxygens (including phenoxy) is 1. The number of carboxylic acids is 1.